The van der Waals surface area contributed by atoms with Gasteiger partial charge in [-0.15, -0.1) is 24.8 Å². The summed E-state index contributed by atoms with van der Waals surface area (Å²) < 4.78 is 0. The monoisotopic (exact) mass is 352 g/mol. The van der Waals surface area contributed by atoms with Crippen molar-refractivity contribution in [2.75, 3.05) is 51.9 Å². The highest BCUT2D eigenvalue weighted by Crippen LogP contribution is 2.19. The second-order valence-electron chi connectivity index (χ2n) is 5.24. The molecule has 22 heavy (non-hydrogen) atoms. The molecule has 9 heteroatoms. The minimum Gasteiger partial charge on any atom is -0.382 e. The van der Waals surface area contributed by atoms with Crippen LogP contribution < -0.4 is 10.6 Å². The summed E-state index contributed by atoms with van der Waals surface area (Å²) in [7, 11) is 7.34. The highest BCUT2D eigenvalue weighted by molar-refractivity contribution is 5.91. The molecule has 0 radical (unpaired) electrons. The molecule has 0 aromatic carbocycles. The van der Waals surface area contributed by atoms with Gasteiger partial charge in [0.05, 0.1) is 11.4 Å². The van der Waals surface area contributed by atoms with Crippen molar-refractivity contribution in [3.63, 3.8) is 0 Å². The first-order valence-electron chi connectivity index (χ1n) is 6.48. The number of anilines is 2. The van der Waals surface area contributed by atoms with Crippen molar-refractivity contribution in [1.29, 1.82) is 0 Å². The molecule has 0 atom stereocenters. The van der Waals surface area contributed by atoms with Crippen molar-refractivity contribution in [2.45, 2.75) is 13.8 Å². The van der Waals surface area contributed by atoms with Gasteiger partial charge in [-0.05, 0) is 27.9 Å². The predicted octanol–water partition coefficient (Wildman–Crippen LogP) is 1.57. The first-order chi connectivity index (χ1) is 9.23. The minimum atomic E-state index is -0.132. The normalized spacial score (nSPS) is 9.77. The maximum absolute atomic E-state index is 12.3. The fourth-order valence-electron chi connectivity index (χ4n) is 1.72. The number of likely N-dealkylation sites (N-methyl/N-ethyl adjacent to an activating group) is 1. The zero-order valence-electron chi connectivity index (χ0n) is 14.0. The Hall–Kier alpha value is -1.31. The van der Waals surface area contributed by atoms with Gasteiger partial charge in [0.25, 0.3) is 0 Å². The maximum Gasteiger partial charge on any atom is 0.325 e. The van der Waals surface area contributed by atoms with Crippen molar-refractivity contribution in [1.82, 2.24) is 19.8 Å². The number of urea groups is 1. The van der Waals surface area contributed by atoms with Crippen LogP contribution in [0.25, 0.3) is 0 Å². The van der Waals surface area contributed by atoms with Gasteiger partial charge in [0.15, 0.2) is 5.82 Å². The molecule has 1 aromatic heterocycles. The van der Waals surface area contributed by atoms with Crippen LogP contribution in [-0.4, -0.2) is 67.1 Å². The highest BCUT2D eigenvalue weighted by Gasteiger charge is 2.22. The van der Waals surface area contributed by atoms with Crippen LogP contribution in [-0.2, 0) is 0 Å². The van der Waals surface area contributed by atoms with Crippen LogP contribution in [0.5, 0.6) is 0 Å². The second-order valence-corrected chi connectivity index (χ2v) is 5.24. The van der Waals surface area contributed by atoms with Gasteiger partial charge in [-0.1, -0.05) is 0 Å². The molecule has 2 amide bonds. The first-order valence-corrected chi connectivity index (χ1v) is 6.48. The standard InChI is InChI=1S/C13H24N6O.2ClH/c1-9-11(14)16-12(10(2)15-9)19(8-7-17(3)4)13(20)18(5)6;;/h7-8H2,1-6H3,(H2,14,16);2*1H. The molecule has 0 spiro atoms. The molecular weight excluding hydrogens is 327 g/mol. The number of aryl methyl sites for hydroxylation is 2. The van der Waals surface area contributed by atoms with E-state index in [0.717, 1.165) is 6.54 Å². The number of carbonyl (C=O) groups is 1. The molecule has 1 aromatic rings. The van der Waals surface area contributed by atoms with Gasteiger partial charge in [-0.3, -0.25) is 9.88 Å². The molecule has 0 fully saturated rings. The number of hydrogen-bond donors (Lipinski definition) is 1. The maximum atomic E-state index is 12.3. The van der Waals surface area contributed by atoms with Gasteiger partial charge in [0.1, 0.15) is 5.82 Å². The van der Waals surface area contributed by atoms with Crippen LogP contribution in [0, 0.1) is 13.8 Å². The summed E-state index contributed by atoms with van der Waals surface area (Å²) in [6.07, 6.45) is 0. The Morgan fingerprint density at radius 3 is 2.00 bits per heavy atom. The summed E-state index contributed by atoms with van der Waals surface area (Å²) >= 11 is 0. The van der Waals surface area contributed by atoms with Crippen molar-refractivity contribution in [3.8, 4) is 0 Å². The van der Waals surface area contributed by atoms with Crippen LogP contribution in [0.15, 0.2) is 0 Å². The van der Waals surface area contributed by atoms with Crippen molar-refractivity contribution < 1.29 is 4.79 Å². The summed E-state index contributed by atoms with van der Waals surface area (Å²) in [5.74, 6) is 0.876. The average Bonchev–Trinajstić information content (AvgIpc) is 2.34. The van der Waals surface area contributed by atoms with Gasteiger partial charge in [0, 0.05) is 27.2 Å². The highest BCUT2D eigenvalue weighted by atomic mass is 35.5. The quantitative estimate of drug-likeness (QED) is 0.889. The lowest BCUT2D eigenvalue weighted by Crippen LogP contribution is -2.43. The van der Waals surface area contributed by atoms with Crippen LogP contribution in [0.1, 0.15) is 11.4 Å². The lowest BCUT2D eigenvalue weighted by Gasteiger charge is -2.27. The Morgan fingerprint density at radius 1 is 1.00 bits per heavy atom. The van der Waals surface area contributed by atoms with Gasteiger partial charge in [0.2, 0.25) is 0 Å². The molecule has 0 aliphatic heterocycles. The smallest absolute Gasteiger partial charge is 0.325 e. The van der Waals surface area contributed by atoms with Crippen LogP contribution in [0.3, 0.4) is 0 Å². The number of nitrogen functional groups attached to an aromatic ring is 1. The average molecular weight is 353 g/mol. The van der Waals surface area contributed by atoms with E-state index in [1.807, 2.05) is 25.9 Å². The second kappa shape index (κ2) is 9.66. The van der Waals surface area contributed by atoms with Crippen molar-refractivity contribution in [3.05, 3.63) is 11.4 Å². The molecule has 0 aliphatic carbocycles. The Morgan fingerprint density at radius 2 is 1.55 bits per heavy atom. The number of rotatable bonds is 4. The molecule has 0 saturated heterocycles. The molecule has 0 bridgehead atoms. The summed E-state index contributed by atoms with van der Waals surface area (Å²) in [5, 5.41) is 0. The van der Waals surface area contributed by atoms with E-state index in [-0.39, 0.29) is 30.8 Å². The summed E-state index contributed by atoms with van der Waals surface area (Å²) in [6, 6.07) is -0.132. The summed E-state index contributed by atoms with van der Waals surface area (Å²) in [4.78, 5) is 26.1. The number of hydrogen-bond acceptors (Lipinski definition) is 5. The van der Waals surface area contributed by atoms with Crippen molar-refractivity contribution >= 4 is 42.5 Å². The minimum absolute atomic E-state index is 0. The number of carbonyl (C=O) groups excluding carboxylic acids is 1. The zero-order valence-corrected chi connectivity index (χ0v) is 15.6. The van der Waals surface area contributed by atoms with Gasteiger partial charge < -0.3 is 15.5 Å². The third kappa shape index (κ3) is 5.82. The Labute approximate surface area is 144 Å². The van der Waals surface area contributed by atoms with Crippen LogP contribution in [0.2, 0.25) is 0 Å². The van der Waals surface area contributed by atoms with E-state index in [0.29, 0.717) is 29.6 Å². The fraction of sp³-hybridized carbons (Fsp3) is 0.615. The lowest BCUT2D eigenvalue weighted by molar-refractivity contribution is 0.222. The Balaban J connectivity index is 0. The topological polar surface area (TPSA) is 78.6 Å². The molecule has 1 rings (SSSR count). The lowest BCUT2D eigenvalue weighted by atomic mass is 10.3. The summed E-state index contributed by atoms with van der Waals surface area (Å²) in [6.45, 7) is 4.90. The van der Waals surface area contributed by atoms with E-state index in [9.17, 15) is 4.79 Å². The Kier molecular flexibility index (Phi) is 10.1. The van der Waals surface area contributed by atoms with Crippen molar-refractivity contribution in [2.24, 2.45) is 0 Å². The Bertz CT molecular complexity index is 496. The molecule has 7 nitrogen and oxygen atoms in total. The van der Waals surface area contributed by atoms with E-state index in [1.54, 1.807) is 25.9 Å². The first kappa shape index (κ1) is 23.0. The van der Waals surface area contributed by atoms with E-state index in [1.165, 1.54) is 4.90 Å². The van der Waals surface area contributed by atoms with Gasteiger partial charge >= 0.3 is 6.03 Å². The number of nitrogens with two attached hydrogens (primary N) is 1. The number of halogens is 2. The zero-order chi connectivity index (χ0) is 15.4. The predicted molar refractivity (Wildman–Crippen MR) is 95.4 cm³/mol. The molecule has 0 unspecified atom stereocenters. The summed E-state index contributed by atoms with van der Waals surface area (Å²) in [5.41, 5.74) is 7.20. The number of amides is 2. The number of aromatic nitrogens is 2. The van der Waals surface area contributed by atoms with E-state index in [2.05, 4.69) is 9.97 Å². The molecule has 0 aliphatic rings. The molecule has 128 valence electrons. The van der Waals surface area contributed by atoms with Gasteiger partial charge in [-0.25, -0.2) is 9.78 Å². The third-order valence-electron chi connectivity index (χ3n) is 2.90. The third-order valence-corrected chi connectivity index (χ3v) is 2.90. The fourth-order valence-corrected chi connectivity index (χ4v) is 1.72. The largest absolute Gasteiger partial charge is 0.382 e. The molecule has 0 saturated carbocycles. The number of nitrogens with zero attached hydrogens (tertiary/aromatic N) is 5. The van der Waals surface area contributed by atoms with E-state index >= 15 is 0 Å². The molecule has 1 heterocycles. The van der Waals surface area contributed by atoms with Crippen LogP contribution in [0.4, 0.5) is 16.4 Å². The molecular formula is C13H26Cl2N6O. The van der Waals surface area contributed by atoms with E-state index < -0.39 is 0 Å². The van der Waals surface area contributed by atoms with E-state index in [4.69, 9.17) is 5.73 Å². The molecule has 2 N–H and O–H groups in total. The van der Waals surface area contributed by atoms with Gasteiger partial charge in [-0.2, -0.15) is 0 Å². The SMILES string of the molecule is Cc1nc(C)c(N(CCN(C)C)C(=O)N(C)C)nc1N.Cl.Cl. The van der Waals surface area contributed by atoms with Crippen LogP contribution >= 0.6 is 24.8 Å².